The number of ether oxygens (including phenoxy) is 1. The first kappa shape index (κ1) is 13.6. The highest BCUT2D eigenvalue weighted by atomic mass is 16.6. The lowest BCUT2D eigenvalue weighted by Crippen LogP contribution is -2.52. The van der Waals surface area contributed by atoms with Gasteiger partial charge in [0.15, 0.2) is 0 Å². The Morgan fingerprint density at radius 3 is 2.64 bits per heavy atom. The number of rotatable bonds is 2. The minimum Gasteiger partial charge on any atom is -0.444 e. The van der Waals surface area contributed by atoms with Gasteiger partial charge in [0.1, 0.15) is 6.10 Å². The van der Waals surface area contributed by atoms with Gasteiger partial charge in [0, 0.05) is 11.9 Å². The molecule has 4 heteroatoms. The molecular weight excluding hydrogens is 276 g/mol. The smallest absolute Gasteiger partial charge is 0.411 e. The number of fused-ring (bicyclic) bond motifs is 4. The number of benzene rings is 2. The average molecular weight is 296 g/mol. The minimum absolute atomic E-state index is 0.0393. The van der Waals surface area contributed by atoms with Gasteiger partial charge in [-0.05, 0) is 43.3 Å². The van der Waals surface area contributed by atoms with Crippen LogP contribution in [0.3, 0.4) is 0 Å². The van der Waals surface area contributed by atoms with E-state index in [1.165, 1.54) is 0 Å². The van der Waals surface area contributed by atoms with Gasteiger partial charge in [0.25, 0.3) is 0 Å². The lowest BCUT2D eigenvalue weighted by molar-refractivity contribution is -0.0289. The third kappa shape index (κ3) is 2.55. The molecule has 1 unspecified atom stereocenters. The lowest BCUT2D eigenvalue weighted by atomic mass is 9.86. The van der Waals surface area contributed by atoms with Crippen LogP contribution in [0.15, 0.2) is 42.5 Å². The van der Waals surface area contributed by atoms with Gasteiger partial charge in [-0.15, -0.1) is 0 Å². The van der Waals surface area contributed by atoms with E-state index < -0.39 is 0 Å². The predicted molar refractivity (Wildman–Crippen MR) is 87.0 cm³/mol. The monoisotopic (exact) mass is 296 g/mol. The molecule has 114 valence electrons. The first-order valence-corrected chi connectivity index (χ1v) is 7.97. The molecule has 2 aromatic rings. The van der Waals surface area contributed by atoms with E-state index in [2.05, 4.69) is 10.2 Å². The SMILES string of the molecule is O=C(Nc1cccc2ccccc12)OC1CN2CCC1CC2. The first-order chi connectivity index (χ1) is 10.8. The van der Waals surface area contributed by atoms with Crippen LogP contribution in [0.1, 0.15) is 12.8 Å². The van der Waals surface area contributed by atoms with Crippen LogP contribution >= 0.6 is 0 Å². The van der Waals surface area contributed by atoms with Crippen LogP contribution < -0.4 is 5.32 Å². The molecular formula is C18H20N2O2. The third-order valence-corrected chi connectivity index (χ3v) is 4.88. The highest BCUT2D eigenvalue weighted by Crippen LogP contribution is 2.30. The summed E-state index contributed by atoms with van der Waals surface area (Å²) in [6.45, 7) is 3.18. The molecule has 1 N–H and O–H groups in total. The number of carbonyl (C=O) groups is 1. The summed E-state index contributed by atoms with van der Waals surface area (Å²) in [5.41, 5.74) is 0.810. The van der Waals surface area contributed by atoms with Crippen LogP contribution in [-0.4, -0.2) is 36.7 Å². The number of hydrogen-bond acceptors (Lipinski definition) is 3. The molecule has 0 aromatic heterocycles. The summed E-state index contributed by atoms with van der Waals surface area (Å²) in [4.78, 5) is 14.6. The van der Waals surface area contributed by atoms with Gasteiger partial charge in [-0.25, -0.2) is 4.79 Å². The summed E-state index contributed by atoms with van der Waals surface area (Å²) in [5, 5.41) is 5.06. The molecule has 3 heterocycles. The Morgan fingerprint density at radius 2 is 1.86 bits per heavy atom. The summed E-state index contributed by atoms with van der Waals surface area (Å²) in [7, 11) is 0. The minimum atomic E-state index is -0.338. The number of amides is 1. The lowest BCUT2D eigenvalue weighted by Gasteiger charge is -2.43. The van der Waals surface area contributed by atoms with Crippen LogP contribution in [0.5, 0.6) is 0 Å². The van der Waals surface area contributed by atoms with E-state index in [1.54, 1.807) is 0 Å². The molecule has 0 radical (unpaired) electrons. The molecule has 5 rings (SSSR count). The standard InChI is InChI=1S/C18H20N2O2/c21-18(22-17-12-20-10-8-14(17)9-11-20)19-16-7-3-5-13-4-1-2-6-15(13)16/h1-7,14,17H,8-12H2,(H,19,21). The second-order valence-electron chi connectivity index (χ2n) is 6.23. The fourth-order valence-electron chi connectivity index (χ4n) is 3.66. The first-order valence-electron chi connectivity index (χ1n) is 7.97. The van der Waals surface area contributed by atoms with Gasteiger partial charge < -0.3 is 4.74 Å². The van der Waals surface area contributed by atoms with Gasteiger partial charge in [-0.1, -0.05) is 36.4 Å². The van der Waals surface area contributed by atoms with Crippen LogP contribution in [0, 0.1) is 5.92 Å². The van der Waals surface area contributed by atoms with Crippen molar-refractivity contribution in [2.24, 2.45) is 5.92 Å². The van der Waals surface area contributed by atoms with Gasteiger partial charge in [-0.3, -0.25) is 10.2 Å². The van der Waals surface area contributed by atoms with Gasteiger partial charge in [-0.2, -0.15) is 0 Å². The van der Waals surface area contributed by atoms with Crippen molar-refractivity contribution in [3.8, 4) is 0 Å². The molecule has 1 amide bonds. The molecule has 4 nitrogen and oxygen atoms in total. The summed E-state index contributed by atoms with van der Waals surface area (Å²) >= 11 is 0. The number of anilines is 1. The van der Waals surface area contributed by atoms with Gasteiger partial charge >= 0.3 is 6.09 Å². The normalized spacial score (nSPS) is 26.8. The summed E-state index contributed by atoms with van der Waals surface area (Å²) < 4.78 is 5.69. The van der Waals surface area contributed by atoms with E-state index in [0.29, 0.717) is 5.92 Å². The summed E-state index contributed by atoms with van der Waals surface area (Å²) in [5.74, 6) is 0.531. The Morgan fingerprint density at radius 1 is 1.09 bits per heavy atom. The van der Waals surface area contributed by atoms with Crippen LogP contribution in [-0.2, 0) is 4.74 Å². The second kappa shape index (κ2) is 5.61. The molecule has 0 saturated carbocycles. The Kier molecular flexibility index (Phi) is 3.47. The highest BCUT2D eigenvalue weighted by Gasteiger charge is 2.36. The molecule has 0 aliphatic carbocycles. The maximum atomic E-state index is 12.2. The van der Waals surface area contributed by atoms with Crippen molar-refractivity contribution in [3.63, 3.8) is 0 Å². The van der Waals surface area contributed by atoms with Crippen LogP contribution in [0.2, 0.25) is 0 Å². The Balaban J connectivity index is 1.47. The molecule has 3 aliphatic rings. The fourth-order valence-corrected chi connectivity index (χ4v) is 3.66. The van der Waals surface area contributed by atoms with E-state index in [-0.39, 0.29) is 12.2 Å². The Labute approximate surface area is 130 Å². The Bertz CT molecular complexity index is 687. The molecule has 2 aromatic carbocycles. The summed E-state index contributed by atoms with van der Waals surface area (Å²) in [6, 6.07) is 13.9. The van der Waals surface area contributed by atoms with Crippen molar-refractivity contribution >= 4 is 22.6 Å². The van der Waals surface area contributed by atoms with E-state index in [0.717, 1.165) is 48.9 Å². The van der Waals surface area contributed by atoms with Crippen LogP contribution in [0.4, 0.5) is 10.5 Å². The van der Waals surface area contributed by atoms with Crippen LogP contribution in [0.25, 0.3) is 10.8 Å². The molecule has 3 aliphatic heterocycles. The molecule has 22 heavy (non-hydrogen) atoms. The number of hydrogen-bond donors (Lipinski definition) is 1. The van der Waals surface area contributed by atoms with Crippen molar-refractivity contribution in [2.75, 3.05) is 25.0 Å². The number of nitrogens with zero attached hydrogens (tertiary/aromatic N) is 1. The predicted octanol–water partition coefficient (Wildman–Crippen LogP) is 3.48. The summed E-state index contributed by atoms with van der Waals surface area (Å²) in [6.07, 6.45) is 1.99. The van der Waals surface area contributed by atoms with E-state index in [9.17, 15) is 4.79 Å². The van der Waals surface area contributed by atoms with E-state index >= 15 is 0 Å². The highest BCUT2D eigenvalue weighted by molar-refractivity contribution is 6.00. The molecule has 3 fully saturated rings. The fraction of sp³-hybridized carbons (Fsp3) is 0.389. The quantitative estimate of drug-likeness (QED) is 0.922. The average Bonchev–Trinajstić information content (AvgIpc) is 2.56. The van der Waals surface area contributed by atoms with Crippen molar-refractivity contribution in [3.05, 3.63) is 42.5 Å². The number of carbonyl (C=O) groups excluding carboxylic acids is 1. The molecule has 2 bridgehead atoms. The van der Waals surface area contributed by atoms with Crippen molar-refractivity contribution in [1.82, 2.24) is 4.90 Å². The van der Waals surface area contributed by atoms with Gasteiger partial charge in [0.2, 0.25) is 0 Å². The molecule has 0 spiro atoms. The molecule has 3 saturated heterocycles. The van der Waals surface area contributed by atoms with Crippen molar-refractivity contribution in [1.29, 1.82) is 0 Å². The molecule has 1 atom stereocenters. The van der Waals surface area contributed by atoms with E-state index in [4.69, 9.17) is 4.74 Å². The zero-order valence-electron chi connectivity index (χ0n) is 12.5. The number of nitrogens with one attached hydrogen (secondary N) is 1. The zero-order chi connectivity index (χ0) is 14.9. The third-order valence-electron chi connectivity index (χ3n) is 4.88. The zero-order valence-corrected chi connectivity index (χ0v) is 12.5. The van der Waals surface area contributed by atoms with Crippen molar-refractivity contribution < 1.29 is 9.53 Å². The maximum absolute atomic E-state index is 12.2. The topological polar surface area (TPSA) is 41.6 Å². The maximum Gasteiger partial charge on any atom is 0.411 e. The second-order valence-corrected chi connectivity index (χ2v) is 6.23. The number of piperidine rings is 3. The van der Waals surface area contributed by atoms with Crippen molar-refractivity contribution in [2.45, 2.75) is 18.9 Å². The Hall–Kier alpha value is -2.07. The van der Waals surface area contributed by atoms with E-state index in [1.807, 2.05) is 42.5 Å². The largest absolute Gasteiger partial charge is 0.444 e. The van der Waals surface area contributed by atoms with Gasteiger partial charge in [0.05, 0.1) is 5.69 Å².